The Morgan fingerprint density at radius 3 is 1.67 bits per heavy atom. The molecule has 0 aromatic rings. The van der Waals surface area contributed by atoms with Crippen LogP contribution in [0.3, 0.4) is 0 Å². The zero-order valence-electron chi connectivity index (χ0n) is 10.3. The third-order valence-corrected chi connectivity index (χ3v) is 1.48. The van der Waals surface area contributed by atoms with Crippen LogP contribution in [-0.2, 0) is 19.0 Å². The fraction of sp³-hybridized carbons (Fsp3) is 0.727. The van der Waals surface area contributed by atoms with Crippen molar-refractivity contribution in [2.75, 3.05) is 7.11 Å². The number of methoxy groups -OCH3 is 1. The standard InChI is InChI=1S/C11H20O4/c1-7(2)14-11(15-8(3)4)9(5)10(12)13-6/h7-8H,1-6H3. The van der Waals surface area contributed by atoms with Crippen molar-refractivity contribution in [3.8, 4) is 0 Å². The molecule has 0 aliphatic carbocycles. The van der Waals surface area contributed by atoms with Gasteiger partial charge in [0.1, 0.15) is 5.57 Å². The van der Waals surface area contributed by atoms with Gasteiger partial charge in [-0.1, -0.05) is 0 Å². The highest BCUT2D eigenvalue weighted by Crippen LogP contribution is 2.14. The van der Waals surface area contributed by atoms with Gasteiger partial charge in [-0.25, -0.2) is 4.79 Å². The average Bonchev–Trinajstić information content (AvgIpc) is 2.13. The fourth-order valence-electron chi connectivity index (χ4n) is 0.869. The molecular weight excluding hydrogens is 196 g/mol. The largest absolute Gasteiger partial charge is 0.465 e. The molecule has 0 aromatic heterocycles. The van der Waals surface area contributed by atoms with E-state index in [9.17, 15) is 4.79 Å². The van der Waals surface area contributed by atoms with E-state index in [0.717, 1.165) is 0 Å². The van der Waals surface area contributed by atoms with Crippen LogP contribution in [0.1, 0.15) is 34.6 Å². The van der Waals surface area contributed by atoms with E-state index in [1.165, 1.54) is 7.11 Å². The van der Waals surface area contributed by atoms with Crippen LogP contribution in [0.2, 0.25) is 0 Å². The second-order valence-electron chi connectivity index (χ2n) is 3.74. The summed E-state index contributed by atoms with van der Waals surface area (Å²) in [6, 6.07) is 0. The first-order chi connectivity index (χ1) is 6.88. The first-order valence-electron chi connectivity index (χ1n) is 5.01. The normalized spacial score (nSPS) is 10.1. The molecule has 0 aliphatic heterocycles. The summed E-state index contributed by atoms with van der Waals surface area (Å²) in [4.78, 5) is 11.3. The summed E-state index contributed by atoms with van der Waals surface area (Å²) in [5.74, 6) is -0.196. The summed E-state index contributed by atoms with van der Waals surface area (Å²) in [7, 11) is 1.33. The molecule has 0 heterocycles. The van der Waals surface area contributed by atoms with Crippen LogP contribution in [0.15, 0.2) is 11.5 Å². The zero-order valence-corrected chi connectivity index (χ0v) is 10.3. The van der Waals surface area contributed by atoms with Gasteiger partial charge in [0.15, 0.2) is 0 Å². The van der Waals surface area contributed by atoms with Crippen molar-refractivity contribution in [3.63, 3.8) is 0 Å². The topological polar surface area (TPSA) is 44.8 Å². The van der Waals surface area contributed by atoms with Gasteiger partial charge in [0, 0.05) is 0 Å². The van der Waals surface area contributed by atoms with E-state index in [-0.39, 0.29) is 18.2 Å². The molecule has 0 aromatic carbocycles. The third kappa shape index (κ3) is 5.30. The molecule has 0 spiro atoms. The number of esters is 1. The Kier molecular flexibility index (Phi) is 5.82. The predicted octanol–water partition coefficient (Wildman–Crippen LogP) is 2.24. The Balaban J connectivity index is 4.79. The van der Waals surface area contributed by atoms with Gasteiger partial charge in [-0.05, 0) is 34.6 Å². The number of carbonyl (C=O) groups excluding carboxylic acids is 1. The predicted molar refractivity (Wildman–Crippen MR) is 57.2 cm³/mol. The molecule has 0 bridgehead atoms. The lowest BCUT2D eigenvalue weighted by molar-refractivity contribution is -0.137. The van der Waals surface area contributed by atoms with Gasteiger partial charge >= 0.3 is 5.97 Å². The van der Waals surface area contributed by atoms with Gasteiger partial charge in [-0.15, -0.1) is 0 Å². The third-order valence-electron chi connectivity index (χ3n) is 1.48. The lowest BCUT2D eigenvalue weighted by Crippen LogP contribution is -2.15. The Morgan fingerprint density at radius 1 is 1.00 bits per heavy atom. The number of rotatable bonds is 5. The van der Waals surface area contributed by atoms with E-state index in [2.05, 4.69) is 4.74 Å². The molecule has 88 valence electrons. The molecule has 4 heteroatoms. The summed E-state index contributed by atoms with van der Waals surface area (Å²) in [5.41, 5.74) is 0.347. The number of hydrogen-bond donors (Lipinski definition) is 0. The van der Waals surface area contributed by atoms with Crippen LogP contribution < -0.4 is 0 Å². The highest BCUT2D eigenvalue weighted by molar-refractivity contribution is 5.87. The molecule has 0 atom stereocenters. The maximum atomic E-state index is 11.3. The molecule has 15 heavy (non-hydrogen) atoms. The molecule has 0 saturated heterocycles. The smallest absolute Gasteiger partial charge is 0.340 e. The minimum absolute atomic E-state index is 0.0432. The average molecular weight is 216 g/mol. The van der Waals surface area contributed by atoms with Crippen LogP contribution >= 0.6 is 0 Å². The first kappa shape index (κ1) is 13.8. The second-order valence-corrected chi connectivity index (χ2v) is 3.74. The Morgan fingerprint density at radius 2 is 1.40 bits per heavy atom. The van der Waals surface area contributed by atoms with E-state index in [0.29, 0.717) is 5.57 Å². The Bertz CT molecular complexity index is 229. The number of hydrogen-bond acceptors (Lipinski definition) is 4. The van der Waals surface area contributed by atoms with Crippen molar-refractivity contribution >= 4 is 5.97 Å². The summed E-state index contributed by atoms with van der Waals surface area (Å²) >= 11 is 0. The number of carbonyl (C=O) groups is 1. The number of ether oxygens (including phenoxy) is 3. The molecular formula is C11H20O4. The van der Waals surface area contributed by atoms with Crippen LogP contribution in [0.25, 0.3) is 0 Å². The molecule has 0 rings (SSSR count). The minimum atomic E-state index is -0.439. The van der Waals surface area contributed by atoms with Crippen LogP contribution in [0.5, 0.6) is 0 Å². The molecule has 0 amide bonds. The van der Waals surface area contributed by atoms with Crippen molar-refractivity contribution in [1.82, 2.24) is 0 Å². The second kappa shape index (κ2) is 6.32. The van der Waals surface area contributed by atoms with Gasteiger partial charge in [0.2, 0.25) is 0 Å². The molecule has 0 N–H and O–H groups in total. The Hall–Kier alpha value is -1.19. The SMILES string of the molecule is COC(=O)C(C)=C(OC(C)C)OC(C)C. The highest BCUT2D eigenvalue weighted by atomic mass is 16.7. The van der Waals surface area contributed by atoms with E-state index in [1.54, 1.807) is 6.92 Å². The molecule has 4 nitrogen and oxygen atoms in total. The summed E-state index contributed by atoms with van der Waals surface area (Å²) in [6.07, 6.45) is -0.0864. The van der Waals surface area contributed by atoms with Gasteiger partial charge < -0.3 is 14.2 Å². The van der Waals surface area contributed by atoms with E-state index in [4.69, 9.17) is 9.47 Å². The van der Waals surface area contributed by atoms with E-state index >= 15 is 0 Å². The van der Waals surface area contributed by atoms with E-state index < -0.39 is 5.97 Å². The van der Waals surface area contributed by atoms with Gasteiger partial charge in [0.25, 0.3) is 5.95 Å². The van der Waals surface area contributed by atoms with Crippen molar-refractivity contribution in [3.05, 3.63) is 11.5 Å². The maximum absolute atomic E-state index is 11.3. The lowest BCUT2D eigenvalue weighted by Gasteiger charge is -2.18. The molecule has 0 aliphatic rings. The summed E-state index contributed by atoms with van der Waals surface area (Å²) in [5, 5.41) is 0. The molecule has 0 fully saturated rings. The molecule has 0 saturated carbocycles. The van der Waals surface area contributed by atoms with Crippen LogP contribution in [-0.4, -0.2) is 25.3 Å². The maximum Gasteiger partial charge on any atom is 0.340 e. The van der Waals surface area contributed by atoms with Crippen LogP contribution in [0.4, 0.5) is 0 Å². The first-order valence-corrected chi connectivity index (χ1v) is 5.01. The lowest BCUT2D eigenvalue weighted by atomic mass is 10.3. The Labute approximate surface area is 91.2 Å². The van der Waals surface area contributed by atoms with Gasteiger partial charge in [-0.3, -0.25) is 0 Å². The zero-order chi connectivity index (χ0) is 12.0. The van der Waals surface area contributed by atoms with Crippen molar-refractivity contribution < 1.29 is 19.0 Å². The highest BCUT2D eigenvalue weighted by Gasteiger charge is 2.16. The van der Waals surface area contributed by atoms with Gasteiger partial charge in [0.05, 0.1) is 19.3 Å². The van der Waals surface area contributed by atoms with E-state index in [1.807, 2.05) is 27.7 Å². The quantitative estimate of drug-likeness (QED) is 0.401. The fourth-order valence-corrected chi connectivity index (χ4v) is 0.869. The van der Waals surface area contributed by atoms with Gasteiger partial charge in [-0.2, -0.15) is 0 Å². The van der Waals surface area contributed by atoms with Crippen molar-refractivity contribution in [2.24, 2.45) is 0 Å². The van der Waals surface area contributed by atoms with Crippen LogP contribution in [0, 0.1) is 0 Å². The molecule has 0 radical (unpaired) electrons. The summed E-state index contributed by atoms with van der Waals surface area (Å²) in [6.45, 7) is 9.09. The van der Waals surface area contributed by atoms with Crippen molar-refractivity contribution in [2.45, 2.75) is 46.8 Å². The van der Waals surface area contributed by atoms with Crippen molar-refractivity contribution in [1.29, 1.82) is 0 Å². The summed E-state index contributed by atoms with van der Waals surface area (Å²) < 4.78 is 15.4. The minimum Gasteiger partial charge on any atom is -0.465 e. The monoisotopic (exact) mass is 216 g/mol. The molecule has 0 unspecified atom stereocenters.